The molecule has 1 saturated heterocycles. The van der Waals surface area contributed by atoms with E-state index in [1.54, 1.807) is 18.3 Å². The quantitative estimate of drug-likeness (QED) is 0.746. The van der Waals surface area contributed by atoms with E-state index in [2.05, 4.69) is 15.3 Å². The number of nitrogens with one attached hydrogen (secondary N) is 2. The Bertz CT molecular complexity index is 570. The van der Waals surface area contributed by atoms with Gasteiger partial charge in [-0.3, -0.25) is 9.78 Å². The number of nitrogens with zero attached hydrogens (tertiary/aromatic N) is 1. The Labute approximate surface area is 92.7 Å². The minimum Gasteiger partial charge on any atom is -0.325 e. The average Bonchev–Trinajstić information content (AvgIpc) is 2.82. The zero-order chi connectivity index (χ0) is 11.0. The lowest BCUT2D eigenvalue weighted by Gasteiger charge is -2.08. The third-order valence-electron chi connectivity index (χ3n) is 3.13. The monoisotopic (exact) mass is 215 g/mol. The van der Waals surface area contributed by atoms with E-state index in [0.717, 1.165) is 30.7 Å². The molecule has 16 heavy (non-hydrogen) atoms. The van der Waals surface area contributed by atoms with Crippen LogP contribution in [-0.4, -0.2) is 23.1 Å². The molecule has 0 amide bonds. The predicted octanol–water partition coefficient (Wildman–Crippen LogP) is 1.000. The van der Waals surface area contributed by atoms with Crippen LogP contribution in [0.4, 0.5) is 0 Å². The Kier molecular flexibility index (Phi) is 2.22. The van der Waals surface area contributed by atoms with Crippen LogP contribution in [0.3, 0.4) is 0 Å². The van der Waals surface area contributed by atoms with Crippen molar-refractivity contribution >= 4 is 10.9 Å². The molecule has 2 N–H and O–H groups in total. The van der Waals surface area contributed by atoms with Crippen molar-refractivity contribution in [3.05, 3.63) is 40.4 Å². The first kappa shape index (κ1) is 9.54. The topological polar surface area (TPSA) is 57.8 Å². The molecule has 0 aliphatic carbocycles. The molecule has 1 aliphatic rings. The van der Waals surface area contributed by atoms with E-state index in [4.69, 9.17) is 0 Å². The number of rotatable bonds is 1. The highest BCUT2D eigenvalue weighted by Gasteiger charge is 2.18. The lowest BCUT2D eigenvalue weighted by Crippen LogP contribution is -2.14. The van der Waals surface area contributed by atoms with E-state index >= 15 is 0 Å². The predicted molar refractivity (Wildman–Crippen MR) is 62.6 cm³/mol. The van der Waals surface area contributed by atoms with E-state index in [1.807, 2.05) is 6.07 Å². The average molecular weight is 215 g/mol. The molecular weight excluding hydrogens is 202 g/mol. The van der Waals surface area contributed by atoms with Crippen molar-refractivity contribution in [1.82, 2.24) is 15.3 Å². The summed E-state index contributed by atoms with van der Waals surface area (Å²) in [5.74, 6) is 0.416. The molecule has 1 fully saturated rings. The van der Waals surface area contributed by atoms with Gasteiger partial charge in [-0.1, -0.05) is 0 Å². The van der Waals surface area contributed by atoms with E-state index in [0.29, 0.717) is 11.3 Å². The summed E-state index contributed by atoms with van der Waals surface area (Å²) in [6.07, 6.45) is 2.80. The lowest BCUT2D eigenvalue weighted by molar-refractivity contribution is 0.733. The second kappa shape index (κ2) is 3.72. The van der Waals surface area contributed by atoms with Crippen LogP contribution in [0.2, 0.25) is 0 Å². The Hall–Kier alpha value is -1.68. The molecule has 82 valence electrons. The Morgan fingerprint density at radius 1 is 1.44 bits per heavy atom. The highest BCUT2D eigenvalue weighted by atomic mass is 16.1. The number of hydrogen-bond acceptors (Lipinski definition) is 3. The van der Waals surface area contributed by atoms with Crippen LogP contribution < -0.4 is 10.9 Å². The minimum atomic E-state index is -0.0347. The Morgan fingerprint density at radius 3 is 3.19 bits per heavy atom. The van der Waals surface area contributed by atoms with E-state index in [1.165, 1.54) is 0 Å². The zero-order valence-electron chi connectivity index (χ0n) is 8.86. The van der Waals surface area contributed by atoms with E-state index in [-0.39, 0.29) is 5.56 Å². The molecule has 2 aromatic heterocycles. The summed E-state index contributed by atoms with van der Waals surface area (Å²) in [6, 6.07) is 5.58. The Morgan fingerprint density at radius 2 is 2.38 bits per heavy atom. The molecule has 4 nitrogen and oxygen atoms in total. The second-order valence-electron chi connectivity index (χ2n) is 4.18. The van der Waals surface area contributed by atoms with Gasteiger partial charge >= 0.3 is 0 Å². The fourth-order valence-electron chi connectivity index (χ4n) is 2.25. The van der Waals surface area contributed by atoms with Crippen LogP contribution >= 0.6 is 0 Å². The molecule has 0 saturated carbocycles. The number of H-pyrrole nitrogens is 1. The molecule has 1 atom stereocenters. The summed E-state index contributed by atoms with van der Waals surface area (Å²) >= 11 is 0. The van der Waals surface area contributed by atoms with Gasteiger partial charge in [0.1, 0.15) is 0 Å². The molecule has 0 aromatic carbocycles. The van der Waals surface area contributed by atoms with Crippen molar-refractivity contribution in [2.24, 2.45) is 0 Å². The summed E-state index contributed by atoms with van der Waals surface area (Å²) in [5.41, 5.74) is 1.75. The fraction of sp³-hybridized carbons (Fsp3) is 0.333. The SMILES string of the molecule is O=c1[nH]c([C@H]2CCNC2)cc2ncccc12. The van der Waals surface area contributed by atoms with Gasteiger partial charge in [0.25, 0.3) is 5.56 Å². The molecule has 3 heterocycles. The smallest absolute Gasteiger partial charge is 0.257 e. The molecule has 0 radical (unpaired) electrons. The van der Waals surface area contributed by atoms with Gasteiger partial charge in [0.05, 0.1) is 10.9 Å². The van der Waals surface area contributed by atoms with Crippen molar-refractivity contribution < 1.29 is 0 Å². The number of fused-ring (bicyclic) bond motifs is 1. The first-order chi connectivity index (χ1) is 7.84. The summed E-state index contributed by atoms with van der Waals surface area (Å²) < 4.78 is 0. The van der Waals surface area contributed by atoms with Crippen molar-refractivity contribution in [1.29, 1.82) is 0 Å². The third-order valence-corrected chi connectivity index (χ3v) is 3.13. The molecule has 0 spiro atoms. The zero-order valence-corrected chi connectivity index (χ0v) is 8.86. The summed E-state index contributed by atoms with van der Waals surface area (Å²) in [4.78, 5) is 19.0. The number of aromatic nitrogens is 2. The van der Waals surface area contributed by atoms with Crippen LogP contribution in [0, 0.1) is 0 Å². The van der Waals surface area contributed by atoms with Crippen molar-refractivity contribution in [3.63, 3.8) is 0 Å². The van der Waals surface area contributed by atoms with E-state index in [9.17, 15) is 4.79 Å². The summed E-state index contributed by atoms with van der Waals surface area (Å²) in [7, 11) is 0. The van der Waals surface area contributed by atoms with Gasteiger partial charge in [0.2, 0.25) is 0 Å². The van der Waals surface area contributed by atoms with Gasteiger partial charge in [0, 0.05) is 24.4 Å². The number of hydrogen-bond donors (Lipinski definition) is 2. The maximum Gasteiger partial charge on any atom is 0.257 e. The molecular formula is C12H13N3O. The number of aromatic amines is 1. The summed E-state index contributed by atoms with van der Waals surface area (Å²) in [5, 5.41) is 3.96. The normalized spacial score (nSPS) is 20.4. The molecule has 3 rings (SSSR count). The Balaban J connectivity index is 2.17. The maximum atomic E-state index is 11.8. The summed E-state index contributed by atoms with van der Waals surface area (Å²) in [6.45, 7) is 1.96. The largest absolute Gasteiger partial charge is 0.325 e. The van der Waals surface area contributed by atoms with Crippen molar-refractivity contribution in [3.8, 4) is 0 Å². The standard InChI is InChI=1S/C12H13N3O/c16-12-9-2-1-4-14-11(9)6-10(15-12)8-3-5-13-7-8/h1-2,4,6,8,13H,3,5,7H2,(H,15,16)/t8-/m0/s1. The van der Waals surface area contributed by atoms with Gasteiger partial charge in [-0.05, 0) is 31.2 Å². The van der Waals surface area contributed by atoms with Crippen LogP contribution in [0.25, 0.3) is 10.9 Å². The fourth-order valence-corrected chi connectivity index (χ4v) is 2.25. The third kappa shape index (κ3) is 1.51. The molecule has 4 heteroatoms. The first-order valence-electron chi connectivity index (χ1n) is 5.53. The highest BCUT2D eigenvalue weighted by Crippen LogP contribution is 2.21. The van der Waals surface area contributed by atoms with Gasteiger partial charge in [-0.25, -0.2) is 0 Å². The van der Waals surface area contributed by atoms with Gasteiger partial charge in [-0.2, -0.15) is 0 Å². The van der Waals surface area contributed by atoms with Gasteiger partial charge in [0.15, 0.2) is 0 Å². The van der Waals surface area contributed by atoms with Gasteiger partial charge in [-0.15, -0.1) is 0 Å². The molecule has 2 aromatic rings. The van der Waals surface area contributed by atoms with Crippen LogP contribution in [-0.2, 0) is 0 Å². The minimum absolute atomic E-state index is 0.0347. The van der Waals surface area contributed by atoms with Crippen molar-refractivity contribution in [2.75, 3.05) is 13.1 Å². The second-order valence-corrected chi connectivity index (χ2v) is 4.18. The lowest BCUT2D eigenvalue weighted by atomic mass is 10.0. The van der Waals surface area contributed by atoms with Crippen LogP contribution in [0.1, 0.15) is 18.0 Å². The van der Waals surface area contributed by atoms with Crippen LogP contribution in [0.15, 0.2) is 29.2 Å². The molecule has 1 aliphatic heterocycles. The highest BCUT2D eigenvalue weighted by molar-refractivity contribution is 5.77. The van der Waals surface area contributed by atoms with Crippen LogP contribution in [0.5, 0.6) is 0 Å². The van der Waals surface area contributed by atoms with Gasteiger partial charge < -0.3 is 10.3 Å². The first-order valence-corrected chi connectivity index (χ1v) is 5.53. The van der Waals surface area contributed by atoms with E-state index < -0.39 is 0 Å². The maximum absolute atomic E-state index is 11.8. The molecule has 0 bridgehead atoms. The molecule has 0 unspecified atom stereocenters. The number of pyridine rings is 2. The van der Waals surface area contributed by atoms with Crippen molar-refractivity contribution in [2.45, 2.75) is 12.3 Å².